The van der Waals surface area contributed by atoms with Crippen molar-refractivity contribution in [1.29, 1.82) is 0 Å². The lowest BCUT2D eigenvalue weighted by molar-refractivity contribution is 0.334. The molecule has 0 radical (unpaired) electrons. The number of aryl methyl sites for hydroxylation is 2. The van der Waals surface area contributed by atoms with Gasteiger partial charge in [-0.1, -0.05) is 23.8 Å². The summed E-state index contributed by atoms with van der Waals surface area (Å²) in [6, 6.07) is 5.88. The molecule has 1 aromatic carbocycles. The molecule has 0 bridgehead atoms. The van der Waals surface area contributed by atoms with Crippen LogP contribution in [0.15, 0.2) is 18.2 Å². The molecule has 1 atom stereocenters. The summed E-state index contributed by atoms with van der Waals surface area (Å²) in [5.74, 6) is 0. The number of likely N-dealkylation sites (N-methyl/N-ethyl adjacent to an activating group) is 1. The standard InChI is InChI=1S/C11H16FN/c1-8-4-5-9(2)10(6-8)11(12)7-13-3/h4-6,11,13H,7H2,1-3H3. The first kappa shape index (κ1) is 10.2. The Morgan fingerprint density at radius 1 is 1.38 bits per heavy atom. The Bertz CT molecular complexity index is 283. The van der Waals surface area contributed by atoms with Gasteiger partial charge in [0.25, 0.3) is 0 Å². The Labute approximate surface area is 79.0 Å². The van der Waals surface area contributed by atoms with Crippen LogP contribution in [-0.2, 0) is 0 Å². The number of nitrogens with one attached hydrogen (secondary N) is 1. The summed E-state index contributed by atoms with van der Waals surface area (Å²) in [5.41, 5.74) is 2.93. The van der Waals surface area contributed by atoms with Crippen molar-refractivity contribution in [3.05, 3.63) is 34.9 Å². The van der Waals surface area contributed by atoms with Crippen LogP contribution in [0.25, 0.3) is 0 Å². The maximum absolute atomic E-state index is 13.5. The predicted molar refractivity (Wildman–Crippen MR) is 53.7 cm³/mol. The van der Waals surface area contributed by atoms with E-state index in [1.54, 1.807) is 7.05 Å². The van der Waals surface area contributed by atoms with Gasteiger partial charge in [0.15, 0.2) is 0 Å². The number of benzene rings is 1. The van der Waals surface area contributed by atoms with Crippen LogP contribution in [0.2, 0.25) is 0 Å². The van der Waals surface area contributed by atoms with Gasteiger partial charge in [-0.25, -0.2) is 4.39 Å². The molecule has 13 heavy (non-hydrogen) atoms. The molecule has 0 aliphatic heterocycles. The molecular weight excluding hydrogens is 165 g/mol. The molecule has 0 aliphatic rings. The second kappa shape index (κ2) is 4.38. The molecular formula is C11H16FN. The maximum atomic E-state index is 13.5. The van der Waals surface area contributed by atoms with E-state index in [1.165, 1.54) is 0 Å². The highest BCUT2D eigenvalue weighted by Crippen LogP contribution is 2.21. The Balaban J connectivity index is 2.91. The minimum atomic E-state index is -0.898. The van der Waals surface area contributed by atoms with E-state index < -0.39 is 6.17 Å². The zero-order valence-corrected chi connectivity index (χ0v) is 8.39. The monoisotopic (exact) mass is 181 g/mol. The molecule has 1 nitrogen and oxygen atoms in total. The lowest BCUT2D eigenvalue weighted by Crippen LogP contribution is -2.14. The number of hydrogen-bond acceptors (Lipinski definition) is 1. The molecule has 1 unspecified atom stereocenters. The van der Waals surface area contributed by atoms with E-state index in [1.807, 2.05) is 32.0 Å². The molecule has 1 N–H and O–H groups in total. The lowest BCUT2D eigenvalue weighted by Gasteiger charge is -2.11. The Hall–Kier alpha value is -0.890. The van der Waals surface area contributed by atoms with Crippen LogP contribution in [0, 0.1) is 13.8 Å². The first-order valence-electron chi connectivity index (χ1n) is 4.51. The van der Waals surface area contributed by atoms with E-state index in [0.717, 1.165) is 16.7 Å². The van der Waals surface area contributed by atoms with Gasteiger partial charge in [0, 0.05) is 6.54 Å². The number of halogens is 1. The minimum absolute atomic E-state index is 0.379. The van der Waals surface area contributed by atoms with E-state index in [4.69, 9.17) is 0 Å². The van der Waals surface area contributed by atoms with Crippen molar-refractivity contribution in [2.24, 2.45) is 0 Å². The molecule has 2 heteroatoms. The van der Waals surface area contributed by atoms with Crippen LogP contribution in [0.4, 0.5) is 4.39 Å². The molecule has 0 saturated carbocycles. The Morgan fingerprint density at radius 2 is 2.08 bits per heavy atom. The molecule has 1 rings (SSSR count). The third-order valence-electron chi connectivity index (χ3n) is 2.16. The van der Waals surface area contributed by atoms with Crippen molar-refractivity contribution in [1.82, 2.24) is 5.32 Å². The van der Waals surface area contributed by atoms with Gasteiger partial charge in [0.2, 0.25) is 0 Å². The van der Waals surface area contributed by atoms with Gasteiger partial charge in [-0.05, 0) is 32.0 Å². The van der Waals surface area contributed by atoms with Gasteiger partial charge in [-0.15, -0.1) is 0 Å². The zero-order chi connectivity index (χ0) is 9.84. The smallest absolute Gasteiger partial charge is 0.138 e. The Kier molecular flexibility index (Phi) is 3.43. The SMILES string of the molecule is CNCC(F)c1cc(C)ccc1C. The van der Waals surface area contributed by atoms with Crippen LogP contribution in [0.5, 0.6) is 0 Å². The lowest BCUT2D eigenvalue weighted by atomic mass is 10.0. The van der Waals surface area contributed by atoms with Gasteiger partial charge < -0.3 is 5.32 Å². The first-order chi connectivity index (χ1) is 6.15. The van der Waals surface area contributed by atoms with Crippen LogP contribution in [-0.4, -0.2) is 13.6 Å². The minimum Gasteiger partial charge on any atom is -0.317 e. The van der Waals surface area contributed by atoms with Crippen LogP contribution in [0.3, 0.4) is 0 Å². The topological polar surface area (TPSA) is 12.0 Å². The van der Waals surface area contributed by atoms with Crippen molar-refractivity contribution in [3.8, 4) is 0 Å². The summed E-state index contributed by atoms with van der Waals surface area (Å²) >= 11 is 0. The molecule has 0 aromatic heterocycles. The highest BCUT2D eigenvalue weighted by Gasteiger charge is 2.10. The summed E-state index contributed by atoms with van der Waals surface area (Å²) < 4.78 is 13.5. The Morgan fingerprint density at radius 3 is 2.69 bits per heavy atom. The van der Waals surface area contributed by atoms with Crippen LogP contribution >= 0.6 is 0 Å². The second-order valence-electron chi connectivity index (χ2n) is 3.39. The third kappa shape index (κ3) is 2.52. The molecule has 0 heterocycles. The summed E-state index contributed by atoms with van der Waals surface area (Å²) in [7, 11) is 1.76. The summed E-state index contributed by atoms with van der Waals surface area (Å²) in [4.78, 5) is 0. The first-order valence-corrected chi connectivity index (χ1v) is 4.51. The fourth-order valence-corrected chi connectivity index (χ4v) is 1.39. The van der Waals surface area contributed by atoms with E-state index in [0.29, 0.717) is 6.54 Å². The number of hydrogen-bond donors (Lipinski definition) is 1. The van der Waals surface area contributed by atoms with Crippen molar-refractivity contribution in [2.45, 2.75) is 20.0 Å². The van der Waals surface area contributed by atoms with Crippen molar-refractivity contribution < 1.29 is 4.39 Å². The highest BCUT2D eigenvalue weighted by molar-refractivity contribution is 5.32. The molecule has 0 spiro atoms. The highest BCUT2D eigenvalue weighted by atomic mass is 19.1. The predicted octanol–water partition coefficient (Wildman–Crippen LogP) is 2.53. The summed E-state index contributed by atoms with van der Waals surface area (Å²) in [6.07, 6.45) is -0.898. The maximum Gasteiger partial charge on any atom is 0.138 e. The van der Waals surface area contributed by atoms with Crippen molar-refractivity contribution >= 4 is 0 Å². The van der Waals surface area contributed by atoms with Crippen molar-refractivity contribution in [3.63, 3.8) is 0 Å². The van der Waals surface area contributed by atoms with Crippen LogP contribution < -0.4 is 5.32 Å². The number of rotatable bonds is 3. The van der Waals surface area contributed by atoms with Crippen molar-refractivity contribution in [2.75, 3.05) is 13.6 Å². The largest absolute Gasteiger partial charge is 0.317 e. The summed E-state index contributed by atoms with van der Waals surface area (Å²) in [6.45, 7) is 4.30. The van der Waals surface area contributed by atoms with Gasteiger partial charge in [0.05, 0.1) is 0 Å². The van der Waals surface area contributed by atoms with E-state index >= 15 is 0 Å². The fourth-order valence-electron chi connectivity index (χ4n) is 1.39. The van der Waals surface area contributed by atoms with Gasteiger partial charge >= 0.3 is 0 Å². The molecule has 1 aromatic rings. The number of alkyl halides is 1. The molecule has 72 valence electrons. The van der Waals surface area contributed by atoms with Gasteiger partial charge in [-0.2, -0.15) is 0 Å². The molecule has 0 fully saturated rings. The van der Waals surface area contributed by atoms with Gasteiger partial charge in [0.1, 0.15) is 6.17 Å². The quantitative estimate of drug-likeness (QED) is 0.755. The van der Waals surface area contributed by atoms with Crippen LogP contribution in [0.1, 0.15) is 22.9 Å². The van der Waals surface area contributed by atoms with E-state index in [9.17, 15) is 4.39 Å². The second-order valence-corrected chi connectivity index (χ2v) is 3.39. The average Bonchev–Trinajstić information content (AvgIpc) is 2.09. The molecule has 0 saturated heterocycles. The fraction of sp³-hybridized carbons (Fsp3) is 0.455. The molecule has 0 aliphatic carbocycles. The normalized spacial score (nSPS) is 12.9. The zero-order valence-electron chi connectivity index (χ0n) is 8.39. The van der Waals surface area contributed by atoms with E-state index in [-0.39, 0.29) is 0 Å². The average molecular weight is 181 g/mol. The summed E-state index contributed by atoms with van der Waals surface area (Å²) in [5, 5.41) is 2.84. The van der Waals surface area contributed by atoms with E-state index in [2.05, 4.69) is 5.32 Å². The molecule has 0 amide bonds. The van der Waals surface area contributed by atoms with Gasteiger partial charge in [-0.3, -0.25) is 0 Å². The third-order valence-corrected chi connectivity index (χ3v) is 2.16.